The van der Waals surface area contributed by atoms with Crippen molar-refractivity contribution in [2.45, 2.75) is 43.0 Å². The van der Waals surface area contributed by atoms with Gasteiger partial charge in [0.1, 0.15) is 11.6 Å². The maximum Gasteiger partial charge on any atom is 0.279 e. The summed E-state index contributed by atoms with van der Waals surface area (Å²) in [6, 6.07) is 17.7. The van der Waals surface area contributed by atoms with E-state index >= 15 is 0 Å². The summed E-state index contributed by atoms with van der Waals surface area (Å²) >= 11 is 1.48. The number of fused-ring (bicyclic) bond motifs is 1. The average Bonchev–Trinajstić information content (AvgIpc) is 2.81. The first kappa shape index (κ1) is 22.1. The first-order chi connectivity index (χ1) is 15.6. The molecule has 3 aromatic rings. The Morgan fingerprint density at radius 3 is 2.66 bits per heavy atom. The lowest BCUT2D eigenvalue weighted by Crippen LogP contribution is -2.33. The van der Waals surface area contributed by atoms with Crippen molar-refractivity contribution in [1.82, 2.24) is 9.55 Å². The van der Waals surface area contributed by atoms with Crippen LogP contribution >= 0.6 is 11.8 Å². The van der Waals surface area contributed by atoms with Gasteiger partial charge in [0.05, 0.1) is 12.2 Å². The number of thioether (sulfide) groups is 1. The Balaban J connectivity index is 1.70. The van der Waals surface area contributed by atoms with E-state index in [0.29, 0.717) is 28.9 Å². The van der Waals surface area contributed by atoms with Crippen LogP contribution in [0.25, 0.3) is 0 Å². The van der Waals surface area contributed by atoms with Gasteiger partial charge in [-0.2, -0.15) is 4.98 Å². The van der Waals surface area contributed by atoms with Gasteiger partial charge in [-0.05, 0) is 18.1 Å². The van der Waals surface area contributed by atoms with Gasteiger partial charge in [-0.3, -0.25) is 9.59 Å². The molecule has 0 fully saturated rings. The molecule has 1 atom stereocenters. The summed E-state index contributed by atoms with van der Waals surface area (Å²) in [5.74, 6) is 1.41. The van der Waals surface area contributed by atoms with Gasteiger partial charge >= 0.3 is 0 Å². The number of nitrogens with one attached hydrogen (secondary N) is 1. The van der Waals surface area contributed by atoms with Crippen LogP contribution in [0.2, 0.25) is 0 Å². The van der Waals surface area contributed by atoms with Crippen molar-refractivity contribution < 1.29 is 9.53 Å². The molecule has 1 N–H and O–H groups in total. The number of rotatable bonds is 8. The molecule has 0 unspecified atom stereocenters. The van der Waals surface area contributed by atoms with Gasteiger partial charge < -0.3 is 14.6 Å². The van der Waals surface area contributed by atoms with Crippen molar-refractivity contribution >= 4 is 23.5 Å². The van der Waals surface area contributed by atoms with E-state index in [4.69, 9.17) is 4.74 Å². The number of hydrogen-bond acceptors (Lipinski definition) is 5. The zero-order chi connectivity index (χ0) is 22.5. The zero-order valence-electron chi connectivity index (χ0n) is 18.3. The smallest absolute Gasteiger partial charge is 0.279 e. The Labute approximate surface area is 192 Å². The number of hydrogen-bond donors (Lipinski definition) is 1. The molecule has 1 aliphatic heterocycles. The van der Waals surface area contributed by atoms with E-state index in [-0.39, 0.29) is 17.9 Å². The van der Waals surface area contributed by atoms with Crippen molar-refractivity contribution in [3.8, 4) is 5.75 Å². The van der Waals surface area contributed by atoms with Crippen LogP contribution in [0.15, 0.2) is 64.5 Å². The third kappa shape index (κ3) is 4.72. The minimum Gasteiger partial charge on any atom is -0.493 e. The van der Waals surface area contributed by atoms with E-state index in [0.717, 1.165) is 29.7 Å². The van der Waals surface area contributed by atoms with E-state index in [9.17, 15) is 9.59 Å². The van der Waals surface area contributed by atoms with E-state index in [1.165, 1.54) is 11.8 Å². The van der Waals surface area contributed by atoms with Crippen molar-refractivity contribution in [1.29, 1.82) is 0 Å². The lowest BCUT2D eigenvalue weighted by atomic mass is 9.86. The second-order valence-electron chi connectivity index (χ2n) is 7.84. The minimum atomic E-state index is -0.393. The Hall–Kier alpha value is -3.06. The quantitative estimate of drug-likeness (QED) is 0.306. The summed E-state index contributed by atoms with van der Waals surface area (Å²) in [4.78, 5) is 30.2. The molecule has 0 bridgehead atoms. The Bertz CT molecular complexity index is 1160. The molecule has 1 aliphatic rings. The lowest BCUT2D eigenvalue weighted by Gasteiger charge is -2.28. The van der Waals surface area contributed by atoms with Crippen LogP contribution in [0, 0.1) is 0 Å². The maximum absolute atomic E-state index is 13.2. The summed E-state index contributed by atoms with van der Waals surface area (Å²) in [6.45, 7) is 2.71. The number of carbonyl (C=O) groups is 1. The topological polar surface area (TPSA) is 73.2 Å². The molecule has 1 amide bonds. The fraction of sp³-hybridized carbons (Fsp3) is 0.320. The largest absolute Gasteiger partial charge is 0.493 e. The molecular formula is C25H27N3O3S. The molecule has 0 spiro atoms. The number of para-hydroxylation sites is 1. The van der Waals surface area contributed by atoms with E-state index in [2.05, 4.69) is 17.2 Å². The van der Waals surface area contributed by atoms with E-state index in [1.807, 2.05) is 66.2 Å². The molecule has 2 heterocycles. The molecule has 7 heteroatoms. The summed E-state index contributed by atoms with van der Waals surface area (Å²) in [6.07, 6.45) is 2.17. The molecule has 32 heavy (non-hydrogen) atoms. The number of ether oxygens (including phenoxy) is 1. The highest BCUT2D eigenvalue weighted by molar-refractivity contribution is 7.98. The predicted octanol–water partition coefficient (Wildman–Crippen LogP) is 4.73. The number of anilines is 1. The molecular weight excluding hydrogens is 422 g/mol. The summed E-state index contributed by atoms with van der Waals surface area (Å²) < 4.78 is 7.81. The van der Waals surface area contributed by atoms with Crippen LogP contribution in [-0.2, 0) is 17.6 Å². The first-order valence-electron chi connectivity index (χ1n) is 10.9. The fourth-order valence-corrected chi connectivity index (χ4v) is 4.80. The van der Waals surface area contributed by atoms with Gasteiger partial charge in [0.2, 0.25) is 5.91 Å². The second-order valence-corrected chi connectivity index (χ2v) is 8.78. The number of carbonyl (C=O) groups excluding carboxylic acids is 1. The number of nitrogens with zero attached hydrogens (tertiary/aromatic N) is 2. The monoisotopic (exact) mass is 449 g/mol. The van der Waals surface area contributed by atoms with Crippen LogP contribution in [0.5, 0.6) is 5.75 Å². The molecule has 6 nitrogen and oxygen atoms in total. The molecule has 4 rings (SSSR count). The van der Waals surface area contributed by atoms with Gasteiger partial charge in [0.15, 0.2) is 5.16 Å². The first-order valence-corrected chi connectivity index (χ1v) is 11.9. The van der Waals surface area contributed by atoms with Crippen LogP contribution in [0.3, 0.4) is 0 Å². The predicted molar refractivity (Wildman–Crippen MR) is 127 cm³/mol. The molecule has 0 aliphatic carbocycles. The molecule has 0 saturated carbocycles. The molecule has 2 aromatic carbocycles. The average molecular weight is 450 g/mol. The summed E-state index contributed by atoms with van der Waals surface area (Å²) in [5, 5.41) is 3.48. The normalized spacial score (nSPS) is 15.2. The van der Waals surface area contributed by atoms with Gasteiger partial charge in [-0.15, -0.1) is 0 Å². The molecule has 1 aromatic heterocycles. The van der Waals surface area contributed by atoms with Crippen LogP contribution < -0.4 is 15.6 Å². The van der Waals surface area contributed by atoms with Gasteiger partial charge in [-0.25, -0.2) is 0 Å². The number of benzene rings is 2. The molecule has 166 valence electrons. The third-order valence-electron chi connectivity index (χ3n) is 5.56. The van der Waals surface area contributed by atoms with Crippen molar-refractivity contribution in [3.63, 3.8) is 0 Å². The van der Waals surface area contributed by atoms with Crippen LogP contribution in [-0.4, -0.2) is 22.1 Å². The fourth-order valence-electron chi connectivity index (χ4n) is 3.88. The highest BCUT2D eigenvalue weighted by atomic mass is 32.2. The Kier molecular flexibility index (Phi) is 6.95. The molecule has 0 saturated heterocycles. The summed E-state index contributed by atoms with van der Waals surface area (Å²) in [5.41, 5.74) is 2.21. The highest BCUT2D eigenvalue weighted by Gasteiger charge is 2.33. The SMILES string of the molecule is CCCCOc1ccccc1[C@@H]1CC(=O)Nc2c1c(=O)nc(SCc1ccccc1)n2C. The van der Waals surface area contributed by atoms with Crippen LogP contribution in [0.4, 0.5) is 5.82 Å². The van der Waals surface area contributed by atoms with E-state index in [1.54, 1.807) is 0 Å². The van der Waals surface area contributed by atoms with Gasteiger partial charge in [-0.1, -0.05) is 73.6 Å². The van der Waals surface area contributed by atoms with Crippen molar-refractivity contribution in [3.05, 3.63) is 81.6 Å². The standard InChI is InChI=1S/C25H27N3O3S/c1-3-4-14-31-20-13-9-8-12-18(20)19-15-21(29)26-23-22(19)24(30)27-25(28(23)2)32-16-17-10-6-5-7-11-17/h5-13,19H,3-4,14-16H2,1-2H3,(H,26,29)/t19-/m0/s1. The zero-order valence-corrected chi connectivity index (χ0v) is 19.2. The maximum atomic E-state index is 13.2. The van der Waals surface area contributed by atoms with Crippen LogP contribution in [0.1, 0.15) is 48.8 Å². The second kappa shape index (κ2) is 10.0. The lowest BCUT2D eigenvalue weighted by molar-refractivity contribution is -0.116. The third-order valence-corrected chi connectivity index (χ3v) is 6.66. The Morgan fingerprint density at radius 2 is 1.88 bits per heavy atom. The van der Waals surface area contributed by atoms with E-state index < -0.39 is 5.92 Å². The number of aromatic nitrogens is 2. The van der Waals surface area contributed by atoms with Gasteiger partial charge in [0, 0.05) is 30.7 Å². The highest BCUT2D eigenvalue weighted by Crippen LogP contribution is 2.39. The number of unbranched alkanes of at least 4 members (excludes halogenated alkanes) is 1. The summed E-state index contributed by atoms with van der Waals surface area (Å²) in [7, 11) is 1.84. The molecule has 0 radical (unpaired) electrons. The number of amides is 1. The van der Waals surface area contributed by atoms with Crippen molar-refractivity contribution in [2.75, 3.05) is 11.9 Å². The Morgan fingerprint density at radius 1 is 1.12 bits per heavy atom. The van der Waals surface area contributed by atoms with Gasteiger partial charge in [0.25, 0.3) is 5.56 Å². The minimum absolute atomic E-state index is 0.119. The van der Waals surface area contributed by atoms with Crippen molar-refractivity contribution in [2.24, 2.45) is 7.05 Å².